The third-order valence-electron chi connectivity index (χ3n) is 6.60. The van der Waals surface area contributed by atoms with E-state index in [1.165, 1.54) is 7.11 Å². The number of esters is 1. The van der Waals surface area contributed by atoms with Crippen LogP contribution in [0.1, 0.15) is 61.0 Å². The predicted octanol–water partition coefficient (Wildman–Crippen LogP) is 3.69. The lowest BCUT2D eigenvalue weighted by Gasteiger charge is -2.40. The molecule has 0 unspecified atom stereocenters. The van der Waals surface area contributed by atoms with Crippen LogP contribution in [0.2, 0.25) is 0 Å². The quantitative estimate of drug-likeness (QED) is 0.388. The molecule has 0 bridgehead atoms. The fourth-order valence-electron chi connectivity index (χ4n) is 4.32. The number of hydrogen-bond acceptors (Lipinski definition) is 5. The Morgan fingerprint density at radius 3 is 1.97 bits per heavy atom. The number of carbonyl (C=O) groups is 3. The molecule has 2 amide bonds. The van der Waals surface area contributed by atoms with Crippen molar-refractivity contribution < 1.29 is 19.1 Å². The van der Waals surface area contributed by atoms with Crippen LogP contribution in [0.4, 0.5) is 0 Å². The van der Waals surface area contributed by atoms with Gasteiger partial charge in [0.15, 0.2) is 0 Å². The normalized spacial score (nSPS) is 15.3. The van der Waals surface area contributed by atoms with Crippen molar-refractivity contribution in [2.75, 3.05) is 21.2 Å². The number of rotatable bonds is 10. The summed E-state index contributed by atoms with van der Waals surface area (Å²) in [5.74, 6) is -0.852. The Bertz CT molecular complexity index is 901. The molecule has 0 saturated heterocycles. The van der Waals surface area contributed by atoms with Crippen LogP contribution in [0.5, 0.6) is 0 Å². The molecule has 2 N–H and O–H groups in total. The van der Waals surface area contributed by atoms with Crippen molar-refractivity contribution in [2.24, 2.45) is 11.3 Å². The summed E-state index contributed by atoms with van der Waals surface area (Å²) >= 11 is 0. The van der Waals surface area contributed by atoms with Crippen molar-refractivity contribution in [2.45, 2.75) is 78.9 Å². The van der Waals surface area contributed by atoms with Crippen LogP contribution in [-0.4, -0.2) is 62.0 Å². The second-order valence-corrected chi connectivity index (χ2v) is 11.1. The molecular weight excluding hydrogens is 442 g/mol. The van der Waals surface area contributed by atoms with E-state index in [0.717, 1.165) is 5.56 Å². The van der Waals surface area contributed by atoms with E-state index < -0.39 is 28.9 Å². The minimum absolute atomic E-state index is 0.0435. The molecule has 1 aromatic carbocycles. The zero-order chi connectivity index (χ0) is 27.1. The topological polar surface area (TPSA) is 87.7 Å². The largest absolute Gasteiger partial charge is 0.466 e. The van der Waals surface area contributed by atoms with Crippen molar-refractivity contribution in [1.29, 1.82) is 0 Å². The summed E-state index contributed by atoms with van der Waals surface area (Å²) in [7, 11) is 4.80. The van der Waals surface area contributed by atoms with Crippen molar-refractivity contribution in [3.05, 3.63) is 47.5 Å². The minimum atomic E-state index is -0.768. The maximum Gasteiger partial charge on any atom is 0.333 e. The molecule has 196 valence electrons. The van der Waals surface area contributed by atoms with Crippen LogP contribution < -0.4 is 10.6 Å². The van der Waals surface area contributed by atoms with E-state index in [1.54, 1.807) is 32.0 Å². The number of methoxy groups -OCH3 is 1. The molecule has 0 heterocycles. The highest BCUT2D eigenvalue weighted by molar-refractivity contribution is 5.92. The lowest BCUT2D eigenvalue weighted by molar-refractivity contribution is -0.141. The molecule has 3 atom stereocenters. The van der Waals surface area contributed by atoms with E-state index in [2.05, 4.69) is 10.6 Å². The third-order valence-corrected chi connectivity index (χ3v) is 6.60. The van der Waals surface area contributed by atoms with Crippen LogP contribution in [0.15, 0.2) is 42.0 Å². The molecule has 1 aromatic rings. The smallest absolute Gasteiger partial charge is 0.333 e. The second kappa shape index (κ2) is 12.3. The zero-order valence-corrected chi connectivity index (χ0v) is 23.4. The van der Waals surface area contributed by atoms with Gasteiger partial charge in [-0.15, -0.1) is 0 Å². The number of benzene rings is 1. The van der Waals surface area contributed by atoms with Gasteiger partial charge in [-0.25, -0.2) is 4.79 Å². The summed E-state index contributed by atoms with van der Waals surface area (Å²) in [4.78, 5) is 40.9. The summed E-state index contributed by atoms with van der Waals surface area (Å²) in [5, 5.41) is 6.19. The van der Waals surface area contributed by atoms with Gasteiger partial charge in [-0.3, -0.25) is 9.59 Å². The molecule has 7 nitrogen and oxygen atoms in total. The Kier molecular flexibility index (Phi) is 10.7. The summed E-state index contributed by atoms with van der Waals surface area (Å²) in [6, 6.07) is 8.18. The Hall–Kier alpha value is -2.67. The van der Waals surface area contributed by atoms with Crippen LogP contribution in [0.3, 0.4) is 0 Å². The highest BCUT2D eigenvalue weighted by atomic mass is 16.5. The fourth-order valence-corrected chi connectivity index (χ4v) is 4.32. The molecule has 0 aliphatic carbocycles. The van der Waals surface area contributed by atoms with E-state index in [9.17, 15) is 14.4 Å². The first kappa shape index (κ1) is 30.4. The maximum atomic E-state index is 13.8. The van der Waals surface area contributed by atoms with Gasteiger partial charge in [0.1, 0.15) is 6.04 Å². The van der Waals surface area contributed by atoms with Gasteiger partial charge < -0.3 is 20.3 Å². The van der Waals surface area contributed by atoms with E-state index in [0.29, 0.717) is 5.57 Å². The SMILES string of the molecule is CN[C@H](C(=O)N[C@H](C(=O)N(C)[C@H](/C=C(\C)C(=O)OC)C(C)C)C(C)(C)C)C(C)(C)c1ccccc1. The molecular formula is C28H45N3O4. The standard InChI is InChI=1S/C28H45N3O4/c1-18(2)21(17-19(3)26(34)35-11)31(10)25(33)23(27(4,5)6)30-24(32)22(29-9)28(7,8)20-15-13-12-14-16-20/h12-18,21-23,29H,1-11H3,(H,30,32)/b19-17+/t21-,22-,23-/m1/s1. The van der Waals surface area contributed by atoms with Gasteiger partial charge in [0, 0.05) is 18.0 Å². The van der Waals surface area contributed by atoms with Crippen LogP contribution >= 0.6 is 0 Å². The summed E-state index contributed by atoms with van der Waals surface area (Å²) in [6.45, 7) is 15.5. The minimum Gasteiger partial charge on any atom is -0.466 e. The van der Waals surface area contributed by atoms with E-state index >= 15 is 0 Å². The molecule has 1 rings (SSSR count). The van der Waals surface area contributed by atoms with Crippen molar-refractivity contribution in [1.82, 2.24) is 15.5 Å². The number of ether oxygens (including phenoxy) is 1. The number of amides is 2. The van der Waals surface area contributed by atoms with Gasteiger partial charge in [-0.2, -0.15) is 0 Å². The third kappa shape index (κ3) is 7.66. The fraction of sp³-hybridized carbons (Fsp3) is 0.607. The maximum absolute atomic E-state index is 13.8. The van der Waals surface area contributed by atoms with Gasteiger partial charge in [-0.05, 0) is 30.9 Å². The number of carbonyl (C=O) groups excluding carboxylic acids is 3. The Morgan fingerprint density at radius 2 is 1.54 bits per heavy atom. The van der Waals surface area contributed by atoms with Crippen LogP contribution in [0.25, 0.3) is 0 Å². The van der Waals surface area contributed by atoms with Gasteiger partial charge in [0.2, 0.25) is 11.8 Å². The van der Waals surface area contributed by atoms with E-state index in [-0.39, 0.29) is 23.8 Å². The number of hydrogen-bond donors (Lipinski definition) is 2. The number of nitrogens with zero attached hydrogens (tertiary/aromatic N) is 1. The Morgan fingerprint density at radius 1 is 1.00 bits per heavy atom. The number of likely N-dealkylation sites (N-methyl/N-ethyl adjacent to an activating group) is 2. The molecule has 0 aromatic heterocycles. The molecule has 0 aliphatic heterocycles. The summed E-state index contributed by atoms with van der Waals surface area (Å²) in [5.41, 5.74) is 0.396. The molecule has 0 spiro atoms. The molecule has 35 heavy (non-hydrogen) atoms. The van der Waals surface area contributed by atoms with Crippen molar-refractivity contribution in [3.63, 3.8) is 0 Å². The van der Waals surface area contributed by atoms with Gasteiger partial charge in [-0.1, -0.05) is 84.9 Å². The van der Waals surface area contributed by atoms with Crippen LogP contribution in [0, 0.1) is 11.3 Å². The first-order chi connectivity index (χ1) is 16.1. The zero-order valence-electron chi connectivity index (χ0n) is 23.4. The average molecular weight is 488 g/mol. The summed E-state index contributed by atoms with van der Waals surface area (Å²) in [6.07, 6.45) is 1.75. The monoisotopic (exact) mass is 487 g/mol. The highest BCUT2D eigenvalue weighted by Crippen LogP contribution is 2.29. The molecule has 0 radical (unpaired) electrons. The second-order valence-electron chi connectivity index (χ2n) is 11.1. The first-order valence-corrected chi connectivity index (χ1v) is 12.2. The predicted molar refractivity (Wildman–Crippen MR) is 141 cm³/mol. The van der Waals surface area contributed by atoms with Gasteiger partial charge >= 0.3 is 5.97 Å². The summed E-state index contributed by atoms with van der Waals surface area (Å²) < 4.78 is 4.82. The highest BCUT2D eigenvalue weighted by Gasteiger charge is 2.41. The van der Waals surface area contributed by atoms with E-state index in [4.69, 9.17) is 4.74 Å². The molecule has 7 heteroatoms. The lowest BCUT2D eigenvalue weighted by Crippen LogP contribution is -2.61. The van der Waals surface area contributed by atoms with Crippen LogP contribution in [-0.2, 0) is 24.5 Å². The molecule has 0 saturated carbocycles. The Balaban J connectivity index is 3.29. The molecule has 0 aliphatic rings. The average Bonchev–Trinajstić information content (AvgIpc) is 2.79. The van der Waals surface area contributed by atoms with Gasteiger partial charge in [0.25, 0.3) is 0 Å². The Labute approximate surface area is 211 Å². The lowest BCUT2D eigenvalue weighted by atomic mass is 9.76. The number of nitrogens with one attached hydrogen (secondary N) is 2. The van der Waals surface area contributed by atoms with Crippen molar-refractivity contribution in [3.8, 4) is 0 Å². The van der Waals surface area contributed by atoms with Gasteiger partial charge in [0.05, 0.1) is 19.2 Å². The first-order valence-electron chi connectivity index (χ1n) is 12.2. The molecule has 0 fully saturated rings. The van der Waals surface area contributed by atoms with Crippen molar-refractivity contribution >= 4 is 17.8 Å². The van der Waals surface area contributed by atoms with E-state index in [1.807, 2.05) is 78.8 Å².